The van der Waals surface area contributed by atoms with E-state index in [1.165, 1.54) is 25.7 Å². The topological polar surface area (TPSA) is 79.5 Å². The van der Waals surface area contributed by atoms with Crippen LogP contribution in [0.25, 0.3) is 0 Å². The van der Waals surface area contributed by atoms with E-state index in [-0.39, 0.29) is 29.9 Å². The van der Waals surface area contributed by atoms with Gasteiger partial charge in [-0.2, -0.15) is 0 Å². The van der Waals surface area contributed by atoms with Crippen molar-refractivity contribution in [1.29, 1.82) is 0 Å². The van der Waals surface area contributed by atoms with Crippen LogP contribution in [0.2, 0.25) is 5.02 Å². The first-order chi connectivity index (χ1) is 11.6. The smallest absolute Gasteiger partial charge is 0.226 e. The number of rotatable bonds is 5. The number of carbonyl (C=O) groups is 1. The number of guanidine groups is 1. The maximum atomic E-state index is 12.0. The van der Waals surface area contributed by atoms with E-state index in [4.69, 9.17) is 17.3 Å². The van der Waals surface area contributed by atoms with Gasteiger partial charge in [0.1, 0.15) is 0 Å². The zero-order valence-corrected chi connectivity index (χ0v) is 17.8. The number of carbonyl (C=O) groups excluding carboxylic acids is 1. The highest BCUT2D eigenvalue weighted by Crippen LogP contribution is 2.23. The molecule has 0 unspecified atom stereocenters. The molecule has 0 atom stereocenters. The zero-order valence-electron chi connectivity index (χ0n) is 14.7. The molecule has 0 saturated heterocycles. The maximum Gasteiger partial charge on any atom is 0.226 e. The predicted molar refractivity (Wildman–Crippen MR) is 116 cm³/mol. The molecule has 5 nitrogen and oxygen atoms in total. The summed E-state index contributed by atoms with van der Waals surface area (Å²) in [4.78, 5) is 16.3. The SMILES string of the molecule is Cc1c(Cl)cccc1NC(=O)CCN=C(N)NC1CCCCCC1.I. The van der Waals surface area contributed by atoms with Gasteiger partial charge < -0.3 is 16.4 Å². The minimum Gasteiger partial charge on any atom is -0.370 e. The fourth-order valence-corrected chi connectivity index (χ4v) is 3.09. The average Bonchev–Trinajstić information content (AvgIpc) is 2.80. The van der Waals surface area contributed by atoms with Crippen molar-refractivity contribution >= 4 is 53.1 Å². The van der Waals surface area contributed by atoms with E-state index in [0.29, 0.717) is 30.0 Å². The van der Waals surface area contributed by atoms with E-state index < -0.39 is 0 Å². The number of benzene rings is 1. The summed E-state index contributed by atoms with van der Waals surface area (Å²) >= 11 is 6.05. The third-order valence-electron chi connectivity index (χ3n) is 4.37. The van der Waals surface area contributed by atoms with E-state index >= 15 is 0 Å². The summed E-state index contributed by atoms with van der Waals surface area (Å²) < 4.78 is 0. The summed E-state index contributed by atoms with van der Waals surface area (Å²) in [5, 5.41) is 6.78. The van der Waals surface area contributed by atoms with Gasteiger partial charge in [-0.3, -0.25) is 9.79 Å². The largest absolute Gasteiger partial charge is 0.370 e. The summed E-state index contributed by atoms with van der Waals surface area (Å²) in [5.74, 6) is 0.347. The summed E-state index contributed by atoms with van der Waals surface area (Å²) in [6.45, 7) is 2.25. The molecular weight excluding hydrogens is 451 g/mol. The Bertz CT molecular complexity index is 586. The van der Waals surface area contributed by atoms with Crippen LogP contribution < -0.4 is 16.4 Å². The van der Waals surface area contributed by atoms with Gasteiger partial charge in [0, 0.05) is 23.2 Å². The van der Waals surface area contributed by atoms with Crippen molar-refractivity contribution in [1.82, 2.24) is 5.32 Å². The van der Waals surface area contributed by atoms with Crippen molar-refractivity contribution in [2.45, 2.75) is 57.9 Å². The van der Waals surface area contributed by atoms with Gasteiger partial charge in [0.25, 0.3) is 0 Å². The quantitative estimate of drug-likeness (QED) is 0.256. The molecule has 1 aromatic carbocycles. The normalized spacial score (nSPS) is 15.8. The molecule has 0 bridgehead atoms. The van der Waals surface area contributed by atoms with Crippen molar-refractivity contribution < 1.29 is 4.79 Å². The van der Waals surface area contributed by atoms with Crippen molar-refractivity contribution in [3.63, 3.8) is 0 Å². The Morgan fingerprint density at radius 2 is 1.96 bits per heavy atom. The Hall–Kier alpha value is -1.02. The summed E-state index contributed by atoms with van der Waals surface area (Å²) in [6, 6.07) is 5.87. The Balaban J connectivity index is 0.00000312. The average molecular weight is 479 g/mol. The Morgan fingerprint density at radius 1 is 1.28 bits per heavy atom. The zero-order chi connectivity index (χ0) is 17.4. The molecule has 0 aliphatic heterocycles. The third kappa shape index (κ3) is 7.81. The van der Waals surface area contributed by atoms with Gasteiger partial charge in [-0.1, -0.05) is 43.4 Å². The number of hydrogen-bond acceptors (Lipinski definition) is 2. The van der Waals surface area contributed by atoms with Crippen LogP contribution in [0.4, 0.5) is 5.69 Å². The molecule has 1 saturated carbocycles. The van der Waals surface area contributed by atoms with E-state index in [1.807, 2.05) is 19.1 Å². The first-order valence-corrected chi connectivity index (χ1v) is 9.05. The fourth-order valence-electron chi connectivity index (χ4n) is 2.91. The van der Waals surface area contributed by atoms with Crippen LogP contribution in [-0.4, -0.2) is 24.5 Å². The van der Waals surface area contributed by atoms with Crippen LogP contribution in [0.1, 0.15) is 50.5 Å². The highest BCUT2D eigenvalue weighted by Gasteiger charge is 2.12. The van der Waals surface area contributed by atoms with Gasteiger partial charge >= 0.3 is 0 Å². The van der Waals surface area contributed by atoms with E-state index in [9.17, 15) is 4.79 Å². The second kappa shape index (κ2) is 11.6. The van der Waals surface area contributed by atoms with Gasteiger partial charge in [0.2, 0.25) is 5.91 Å². The van der Waals surface area contributed by atoms with Crippen LogP contribution in [0.3, 0.4) is 0 Å². The predicted octanol–water partition coefficient (Wildman–Crippen LogP) is 4.22. The van der Waals surface area contributed by atoms with Crippen molar-refractivity contribution in [2.75, 3.05) is 11.9 Å². The lowest BCUT2D eigenvalue weighted by atomic mass is 10.1. The summed E-state index contributed by atoms with van der Waals surface area (Å²) in [5.41, 5.74) is 7.53. The molecule has 1 aromatic rings. The van der Waals surface area contributed by atoms with E-state index in [0.717, 1.165) is 24.1 Å². The number of amides is 1. The highest BCUT2D eigenvalue weighted by molar-refractivity contribution is 14.0. The molecule has 140 valence electrons. The lowest BCUT2D eigenvalue weighted by molar-refractivity contribution is -0.116. The molecule has 0 spiro atoms. The second-order valence-electron chi connectivity index (χ2n) is 6.31. The molecule has 25 heavy (non-hydrogen) atoms. The van der Waals surface area contributed by atoms with Gasteiger partial charge in [-0.15, -0.1) is 24.0 Å². The Labute approximate surface area is 172 Å². The third-order valence-corrected chi connectivity index (χ3v) is 4.78. The van der Waals surface area contributed by atoms with Gasteiger partial charge in [0.05, 0.1) is 6.54 Å². The molecule has 1 fully saturated rings. The second-order valence-corrected chi connectivity index (χ2v) is 6.72. The molecule has 1 amide bonds. The summed E-state index contributed by atoms with van der Waals surface area (Å²) in [7, 11) is 0. The minimum atomic E-state index is -0.0913. The molecule has 7 heteroatoms. The lowest BCUT2D eigenvalue weighted by Gasteiger charge is -2.16. The number of nitrogens with zero attached hydrogens (tertiary/aromatic N) is 1. The Kier molecular flexibility index (Phi) is 10.2. The number of nitrogens with one attached hydrogen (secondary N) is 2. The van der Waals surface area contributed by atoms with Crippen molar-refractivity contribution in [3.8, 4) is 0 Å². The van der Waals surface area contributed by atoms with Crippen LogP contribution in [0, 0.1) is 6.92 Å². The fraction of sp³-hybridized carbons (Fsp3) is 0.556. The summed E-state index contributed by atoms with van der Waals surface area (Å²) in [6.07, 6.45) is 7.67. The van der Waals surface area contributed by atoms with Gasteiger partial charge in [0.15, 0.2) is 5.96 Å². The highest BCUT2D eigenvalue weighted by atomic mass is 127. The number of halogens is 2. The van der Waals surface area contributed by atoms with Crippen LogP contribution in [0.5, 0.6) is 0 Å². The molecule has 0 radical (unpaired) electrons. The molecule has 0 aromatic heterocycles. The standard InChI is InChI=1S/C18H27ClN4O.HI/c1-13-15(19)9-6-10-16(13)23-17(24)11-12-21-18(20)22-14-7-4-2-3-5-8-14;/h6,9-10,14H,2-5,7-8,11-12H2,1H3,(H,23,24)(H3,20,21,22);1H. The minimum absolute atomic E-state index is 0. The lowest BCUT2D eigenvalue weighted by Crippen LogP contribution is -2.40. The number of nitrogens with two attached hydrogens (primary N) is 1. The number of aliphatic imine (C=N–C) groups is 1. The van der Waals surface area contributed by atoms with Crippen LogP contribution in [-0.2, 0) is 4.79 Å². The van der Waals surface area contributed by atoms with E-state index in [2.05, 4.69) is 15.6 Å². The van der Waals surface area contributed by atoms with Crippen molar-refractivity contribution in [2.24, 2.45) is 10.7 Å². The first-order valence-electron chi connectivity index (χ1n) is 8.67. The maximum absolute atomic E-state index is 12.0. The van der Waals surface area contributed by atoms with Crippen LogP contribution in [0.15, 0.2) is 23.2 Å². The van der Waals surface area contributed by atoms with Crippen molar-refractivity contribution in [3.05, 3.63) is 28.8 Å². The van der Waals surface area contributed by atoms with Crippen LogP contribution >= 0.6 is 35.6 Å². The van der Waals surface area contributed by atoms with E-state index in [1.54, 1.807) is 6.07 Å². The van der Waals surface area contributed by atoms with Gasteiger partial charge in [-0.05, 0) is 37.5 Å². The first kappa shape index (κ1) is 22.0. The molecule has 2 rings (SSSR count). The molecular formula is C18H28ClIN4O. The number of hydrogen-bond donors (Lipinski definition) is 3. The monoisotopic (exact) mass is 478 g/mol. The molecule has 1 aliphatic carbocycles. The Morgan fingerprint density at radius 3 is 2.64 bits per heavy atom. The molecule has 1 aliphatic rings. The molecule has 0 heterocycles. The van der Waals surface area contributed by atoms with Gasteiger partial charge in [-0.25, -0.2) is 0 Å². The number of anilines is 1. The molecule has 4 N–H and O–H groups in total.